The van der Waals surface area contributed by atoms with Gasteiger partial charge in [-0.2, -0.15) is 0 Å². The van der Waals surface area contributed by atoms with Crippen molar-refractivity contribution in [3.8, 4) is 0 Å². The lowest BCUT2D eigenvalue weighted by atomic mass is 9.99. The average Bonchev–Trinajstić information content (AvgIpc) is 3.08. The molecule has 2 N–H and O–H groups in total. The van der Waals surface area contributed by atoms with Gasteiger partial charge in [0.25, 0.3) is 5.91 Å². The summed E-state index contributed by atoms with van der Waals surface area (Å²) in [6.45, 7) is 7.77. The number of carboxylic acids is 1. The molecular weight excluding hydrogens is 300 g/mol. The third-order valence-corrected chi connectivity index (χ3v) is 3.73. The molecule has 7 nitrogen and oxygen atoms in total. The van der Waals surface area contributed by atoms with E-state index in [1.54, 1.807) is 6.92 Å². The molecule has 0 fully saturated rings. The van der Waals surface area contributed by atoms with Gasteiger partial charge in [-0.25, -0.2) is 4.79 Å². The van der Waals surface area contributed by atoms with E-state index in [9.17, 15) is 9.59 Å². The Bertz CT molecular complexity index is 709. The highest BCUT2D eigenvalue weighted by Gasteiger charge is 2.21. The van der Waals surface area contributed by atoms with Crippen molar-refractivity contribution in [3.05, 3.63) is 40.2 Å². The van der Waals surface area contributed by atoms with E-state index in [0.29, 0.717) is 18.7 Å². The molecule has 1 atom stereocenters. The minimum Gasteiger partial charge on any atom is -0.478 e. The van der Waals surface area contributed by atoms with Gasteiger partial charge in [-0.15, -0.1) is 0 Å². The molecule has 0 aromatic carbocycles. The number of carboxylic acid groups (broad SMARTS) is 1. The van der Waals surface area contributed by atoms with E-state index in [1.807, 2.05) is 20.8 Å². The summed E-state index contributed by atoms with van der Waals surface area (Å²) in [4.78, 5) is 23.3. The highest BCUT2D eigenvalue weighted by molar-refractivity contribution is 5.96. The van der Waals surface area contributed by atoms with Crippen molar-refractivity contribution >= 4 is 11.9 Å². The van der Waals surface area contributed by atoms with Crippen LogP contribution in [0.3, 0.4) is 0 Å². The SMILES string of the molecule is CCc1oc(C(=O)NCC(C)c2c(C)noc2C)cc1C(=O)O. The van der Waals surface area contributed by atoms with E-state index in [2.05, 4.69) is 10.5 Å². The summed E-state index contributed by atoms with van der Waals surface area (Å²) in [6.07, 6.45) is 0.407. The van der Waals surface area contributed by atoms with Gasteiger partial charge in [0.05, 0.1) is 5.69 Å². The van der Waals surface area contributed by atoms with Gasteiger partial charge in [-0.05, 0) is 13.8 Å². The number of aryl methyl sites for hydroxylation is 3. The minimum atomic E-state index is -1.10. The zero-order valence-corrected chi connectivity index (χ0v) is 13.6. The molecule has 2 rings (SSSR count). The van der Waals surface area contributed by atoms with E-state index >= 15 is 0 Å². The molecule has 7 heteroatoms. The fourth-order valence-corrected chi connectivity index (χ4v) is 2.61. The fourth-order valence-electron chi connectivity index (χ4n) is 2.61. The Morgan fingerprint density at radius 2 is 2.09 bits per heavy atom. The molecule has 2 aromatic heterocycles. The first-order chi connectivity index (χ1) is 10.8. The predicted octanol–water partition coefficient (Wildman–Crippen LogP) is 2.68. The zero-order valence-electron chi connectivity index (χ0n) is 13.6. The van der Waals surface area contributed by atoms with E-state index in [4.69, 9.17) is 14.0 Å². The summed E-state index contributed by atoms with van der Waals surface area (Å²) < 4.78 is 10.5. The lowest BCUT2D eigenvalue weighted by Gasteiger charge is -2.11. The highest BCUT2D eigenvalue weighted by Crippen LogP contribution is 2.22. The van der Waals surface area contributed by atoms with Crippen molar-refractivity contribution in [2.24, 2.45) is 0 Å². The quantitative estimate of drug-likeness (QED) is 0.847. The van der Waals surface area contributed by atoms with Gasteiger partial charge in [0, 0.05) is 30.5 Å². The molecule has 1 unspecified atom stereocenters. The molecule has 0 aliphatic heterocycles. The van der Waals surface area contributed by atoms with Gasteiger partial charge < -0.3 is 19.4 Å². The van der Waals surface area contributed by atoms with Crippen molar-refractivity contribution < 1.29 is 23.6 Å². The van der Waals surface area contributed by atoms with E-state index in [-0.39, 0.29) is 17.2 Å². The van der Waals surface area contributed by atoms with Crippen LogP contribution in [0.25, 0.3) is 0 Å². The Morgan fingerprint density at radius 1 is 1.39 bits per heavy atom. The van der Waals surface area contributed by atoms with Gasteiger partial charge in [0.15, 0.2) is 5.76 Å². The molecule has 124 valence electrons. The lowest BCUT2D eigenvalue weighted by molar-refractivity contribution is 0.0694. The molecule has 2 aromatic rings. The van der Waals surface area contributed by atoms with Gasteiger partial charge >= 0.3 is 5.97 Å². The lowest BCUT2D eigenvalue weighted by Crippen LogP contribution is -2.27. The maximum absolute atomic E-state index is 12.2. The van der Waals surface area contributed by atoms with Crippen LogP contribution >= 0.6 is 0 Å². The molecule has 0 aliphatic rings. The van der Waals surface area contributed by atoms with E-state index in [1.165, 1.54) is 6.07 Å². The zero-order chi connectivity index (χ0) is 17.1. The number of nitrogens with one attached hydrogen (secondary N) is 1. The third kappa shape index (κ3) is 3.44. The molecule has 1 amide bonds. The third-order valence-electron chi connectivity index (χ3n) is 3.73. The fraction of sp³-hybridized carbons (Fsp3) is 0.438. The Kier molecular flexibility index (Phi) is 4.88. The number of rotatable bonds is 6. The van der Waals surface area contributed by atoms with Crippen LogP contribution < -0.4 is 5.32 Å². The van der Waals surface area contributed by atoms with Crippen LogP contribution in [0.4, 0.5) is 0 Å². The Hall–Kier alpha value is -2.57. The van der Waals surface area contributed by atoms with Crippen LogP contribution in [-0.4, -0.2) is 28.7 Å². The van der Waals surface area contributed by atoms with E-state index in [0.717, 1.165) is 17.0 Å². The Morgan fingerprint density at radius 3 is 2.57 bits per heavy atom. The topological polar surface area (TPSA) is 106 Å². The number of furan rings is 1. The average molecular weight is 320 g/mol. The Balaban J connectivity index is 2.07. The van der Waals surface area contributed by atoms with Gasteiger partial charge in [-0.3, -0.25) is 4.79 Å². The number of hydrogen-bond donors (Lipinski definition) is 2. The van der Waals surface area contributed by atoms with Crippen LogP contribution in [-0.2, 0) is 6.42 Å². The smallest absolute Gasteiger partial charge is 0.339 e. The maximum Gasteiger partial charge on any atom is 0.339 e. The summed E-state index contributed by atoms with van der Waals surface area (Å²) in [5, 5.41) is 15.7. The number of aromatic nitrogens is 1. The van der Waals surface area contributed by atoms with Crippen LogP contribution in [0.15, 0.2) is 15.0 Å². The number of aromatic carboxylic acids is 1. The van der Waals surface area contributed by atoms with Gasteiger partial charge in [-0.1, -0.05) is 19.0 Å². The molecule has 0 bridgehead atoms. The molecule has 0 radical (unpaired) electrons. The summed E-state index contributed by atoms with van der Waals surface area (Å²) in [5.41, 5.74) is 1.78. The molecule has 0 saturated carbocycles. The molecular formula is C16H20N2O5. The molecule has 0 aliphatic carbocycles. The predicted molar refractivity (Wildman–Crippen MR) is 81.8 cm³/mol. The van der Waals surface area contributed by atoms with Gasteiger partial charge in [0.1, 0.15) is 17.1 Å². The molecule has 0 spiro atoms. The number of nitrogens with zero attached hydrogens (tertiary/aromatic N) is 1. The summed E-state index contributed by atoms with van der Waals surface area (Å²) in [7, 11) is 0. The van der Waals surface area contributed by atoms with Crippen LogP contribution in [0, 0.1) is 13.8 Å². The molecule has 23 heavy (non-hydrogen) atoms. The van der Waals surface area contributed by atoms with Crippen molar-refractivity contribution in [1.82, 2.24) is 10.5 Å². The van der Waals surface area contributed by atoms with Crippen LogP contribution in [0.5, 0.6) is 0 Å². The van der Waals surface area contributed by atoms with Crippen LogP contribution in [0.2, 0.25) is 0 Å². The van der Waals surface area contributed by atoms with E-state index < -0.39 is 11.9 Å². The second-order valence-electron chi connectivity index (χ2n) is 5.46. The van der Waals surface area contributed by atoms with Gasteiger partial charge in [0.2, 0.25) is 0 Å². The largest absolute Gasteiger partial charge is 0.478 e. The number of hydrogen-bond acceptors (Lipinski definition) is 5. The monoisotopic (exact) mass is 320 g/mol. The summed E-state index contributed by atoms with van der Waals surface area (Å²) in [6, 6.07) is 1.26. The Labute approximate surface area is 133 Å². The van der Waals surface area contributed by atoms with Crippen molar-refractivity contribution in [3.63, 3.8) is 0 Å². The number of carbonyl (C=O) groups excluding carboxylic acids is 1. The second kappa shape index (κ2) is 6.68. The first-order valence-electron chi connectivity index (χ1n) is 7.42. The standard InChI is InChI=1S/C16H20N2O5/c1-5-12-11(16(20)21)6-13(22-12)15(19)17-7-8(2)14-9(3)18-23-10(14)4/h6,8H,5,7H2,1-4H3,(H,17,19)(H,20,21). The minimum absolute atomic E-state index is 0.00483. The maximum atomic E-state index is 12.2. The summed E-state index contributed by atoms with van der Waals surface area (Å²) in [5.74, 6) is -0.500. The molecule has 0 saturated heterocycles. The number of carbonyl (C=O) groups is 2. The van der Waals surface area contributed by atoms with Crippen molar-refractivity contribution in [1.29, 1.82) is 0 Å². The highest BCUT2D eigenvalue weighted by atomic mass is 16.5. The summed E-state index contributed by atoms with van der Waals surface area (Å²) >= 11 is 0. The molecule has 2 heterocycles. The first kappa shape index (κ1) is 16.8. The van der Waals surface area contributed by atoms with Crippen LogP contribution in [0.1, 0.15) is 63.5 Å². The number of amides is 1. The second-order valence-corrected chi connectivity index (χ2v) is 5.46. The van der Waals surface area contributed by atoms with Crippen molar-refractivity contribution in [2.45, 2.75) is 40.0 Å². The normalized spacial score (nSPS) is 12.2. The first-order valence-corrected chi connectivity index (χ1v) is 7.42. The van der Waals surface area contributed by atoms with Crippen molar-refractivity contribution in [2.75, 3.05) is 6.54 Å².